The molecule has 0 aliphatic carbocycles. The highest BCUT2D eigenvalue weighted by Gasteiger charge is 2.44. The fourth-order valence-corrected chi connectivity index (χ4v) is 9.11. The Balaban J connectivity index is 2.16. The second-order valence-electron chi connectivity index (χ2n) is 19.4. The number of nitrogens with one attached hydrogen (secondary N) is 1. The van der Waals surface area contributed by atoms with E-state index in [4.69, 9.17) is 9.47 Å². The van der Waals surface area contributed by atoms with Gasteiger partial charge in [0, 0.05) is 6.42 Å². The monoisotopic (exact) mass is 884 g/mol. The number of carbonyl (C=O) groups is 1. The van der Waals surface area contributed by atoms with Crippen LogP contribution in [0.3, 0.4) is 0 Å². The summed E-state index contributed by atoms with van der Waals surface area (Å²) in [5.41, 5.74) is 0. The normalized spacial score (nSPS) is 20.1. The minimum atomic E-state index is -1.55. The zero-order valence-electron chi connectivity index (χ0n) is 40.9. The number of unbranched alkanes of at least 4 members (excludes halogenated alkanes) is 37. The van der Waals surface area contributed by atoms with Crippen molar-refractivity contribution in [1.82, 2.24) is 5.32 Å². The molecule has 0 radical (unpaired) electrons. The average Bonchev–Trinajstić information content (AvgIpc) is 3.27. The number of aliphatic hydroxyl groups excluding tert-OH is 5. The molecule has 7 atom stereocenters. The summed E-state index contributed by atoms with van der Waals surface area (Å²) in [7, 11) is 0. The van der Waals surface area contributed by atoms with Crippen LogP contribution in [-0.2, 0) is 14.3 Å². The number of aliphatic hydroxyl groups is 5. The van der Waals surface area contributed by atoms with Crippen molar-refractivity contribution in [3.05, 3.63) is 0 Å². The van der Waals surface area contributed by atoms with E-state index in [9.17, 15) is 30.3 Å². The summed E-state index contributed by atoms with van der Waals surface area (Å²) in [5, 5.41) is 54.5. The molecule has 0 bridgehead atoms. The van der Waals surface area contributed by atoms with E-state index < -0.39 is 49.5 Å². The Morgan fingerprint density at radius 2 is 0.806 bits per heavy atom. The molecule has 62 heavy (non-hydrogen) atoms. The third kappa shape index (κ3) is 33.6. The van der Waals surface area contributed by atoms with Crippen LogP contribution in [0.4, 0.5) is 0 Å². The van der Waals surface area contributed by atoms with Crippen LogP contribution < -0.4 is 5.32 Å². The number of amides is 1. The highest BCUT2D eigenvalue weighted by Crippen LogP contribution is 2.23. The smallest absolute Gasteiger partial charge is 0.220 e. The summed E-state index contributed by atoms with van der Waals surface area (Å²) < 4.78 is 11.3. The first-order chi connectivity index (χ1) is 30.3. The van der Waals surface area contributed by atoms with Crippen molar-refractivity contribution in [2.24, 2.45) is 0 Å². The van der Waals surface area contributed by atoms with Crippen molar-refractivity contribution in [3.63, 3.8) is 0 Å². The van der Waals surface area contributed by atoms with E-state index in [1.54, 1.807) is 0 Å². The number of hydrogen-bond acceptors (Lipinski definition) is 8. The van der Waals surface area contributed by atoms with E-state index in [2.05, 4.69) is 19.2 Å². The first-order valence-electron chi connectivity index (χ1n) is 27.2. The standard InChI is InChI=1S/C53H105NO8/c1-3-5-7-9-11-13-15-17-18-19-20-21-22-23-24-25-26-27-28-29-31-33-35-37-39-41-43-49(57)54-46(45-61-53-52(60)51(59)50(58)48(44-55)62-53)47(56)42-40-38-36-34-32-30-16-14-12-10-8-6-4-2/h46-48,50-53,55-56,58-60H,3-45H2,1-2H3,(H,54,57). The van der Waals surface area contributed by atoms with Gasteiger partial charge >= 0.3 is 0 Å². The number of ether oxygens (including phenoxy) is 2. The molecule has 0 aromatic carbocycles. The van der Waals surface area contributed by atoms with Gasteiger partial charge in [0.2, 0.25) is 5.91 Å². The van der Waals surface area contributed by atoms with Gasteiger partial charge in [-0.05, 0) is 12.8 Å². The highest BCUT2D eigenvalue weighted by atomic mass is 16.7. The van der Waals surface area contributed by atoms with E-state index in [1.165, 1.54) is 212 Å². The summed E-state index contributed by atoms with van der Waals surface area (Å²) in [6.07, 6.45) is 44.2. The number of hydrogen-bond donors (Lipinski definition) is 6. The lowest BCUT2D eigenvalue weighted by molar-refractivity contribution is -0.302. The molecular weight excluding hydrogens is 779 g/mol. The summed E-state index contributed by atoms with van der Waals surface area (Å²) >= 11 is 0. The lowest BCUT2D eigenvalue weighted by Crippen LogP contribution is -2.60. The van der Waals surface area contributed by atoms with Crippen LogP contribution in [0, 0.1) is 0 Å². The molecule has 1 aliphatic rings. The molecule has 0 aromatic heterocycles. The maximum absolute atomic E-state index is 13.0. The molecule has 370 valence electrons. The fourth-order valence-electron chi connectivity index (χ4n) is 9.11. The average molecular weight is 884 g/mol. The first kappa shape index (κ1) is 59.2. The molecule has 1 aliphatic heterocycles. The van der Waals surface area contributed by atoms with E-state index in [0.29, 0.717) is 12.8 Å². The highest BCUT2D eigenvalue weighted by molar-refractivity contribution is 5.76. The van der Waals surface area contributed by atoms with E-state index in [0.717, 1.165) is 38.5 Å². The predicted molar refractivity (Wildman–Crippen MR) is 258 cm³/mol. The minimum Gasteiger partial charge on any atom is -0.394 e. The van der Waals surface area contributed by atoms with Gasteiger partial charge in [-0.25, -0.2) is 0 Å². The third-order valence-corrected chi connectivity index (χ3v) is 13.5. The molecule has 1 heterocycles. The topological polar surface area (TPSA) is 149 Å². The lowest BCUT2D eigenvalue weighted by atomic mass is 9.99. The van der Waals surface area contributed by atoms with Crippen LogP contribution in [0.2, 0.25) is 0 Å². The summed E-state index contributed by atoms with van der Waals surface area (Å²) in [6.45, 7) is 3.87. The van der Waals surface area contributed by atoms with Gasteiger partial charge in [0.1, 0.15) is 24.4 Å². The van der Waals surface area contributed by atoms with Crippen molar-refractivity contribution in [3.8, 4) is 0 Å². The second kappa shape index (κ2) is 44.0. The molecule has 0 saturated carbocycles. The molecule has 6 N–H and O–H groups in total. The van der Waals surface area contributed by atoms with Crippen LogP contribution >= 0.6 is 0 Å². The van der Waals surface area contributed by atoms with Crippen LogP contribution in [0.5, 0.6) is 0 Å². The van der Waals surface area contributed by atoms with Gasteiger partial charge in [-0.1, -0.05) is 258 Å². The Hall–Kier alpha value is -0.810. The summed E-state index contributed by atoms with van der Waals surface area (Å²) in [4.78, 5) is 13.0. The van der Waals surface area contributed by atoms with Gasteiger partial charge in [-0.2, -0.15) is 0 Å². The molecule has 0 spiro atoms. The van der Waals surface area contributed by atoms with Gasteiger partial charge in [0.05, 0.1) is 25.4 Å². The van der Waals surface area contributed by atoms with E-state index in [1.807, 2.05) is 0 Å². The van der Waals surface area contributed by atoms with E-state index >= 15 is 0 Å². The van der Waals surface area contributed by atoms with Crippen LogP contribution in [-0.4, -0.2) is 87.5 Å². The Morgan fingerprint density at radius 1 is 0.484 bits per heavy atom. The van der Waals surface area contributed by atoms with Crippen molar-refractivity contribution < 1.29 is 39.8 Å². The summed E-state index contributed by atoms with van der Waals surface area (Å²) in [5.74, 6) is -0.138. The van der Waals surface area contributed by atoms with Crippen molar-refractivity contribution in [1.29, 1.82) is 0 Å². The first-order valence-corrected chi connectivity index (χ1v) is 27.2. The van der Waals surface area contributed by atoms with Crippen molar-refractivity contribution in [2.75, 3.05) is 13.2 Å². The minimum absolute atomic E-state index is 0.131. The molecule has 7 unspecified atom stereocenters. The third-order valence-electron chi connectivity index (χ3n) is 13.5. The van der Waals surface area contributed by atoms with Crippen LogP contribution in [0.1, 0.15) is 277 Å². The maximum Gasteiger partial charge on any atom is 0.220 e. The van der Waals surface area contributed by atoms with Crippen molar-refractivity contribution >= 4 is 5.91 Å². The zero-order valence-corrected chi connectivity index (χ0v) is 40.9. The molecule has 1 amide bonds. The number of carbonyl (C=O) groups excluding carboxylic acids is 1. The largest absolute Gasteiger partial charge is 0.394 e. The van der Waals surface area contributed by atoms with Crippen LogP contribution in [0.25, 0.3) is 0 Å². The molecular formula is C53H105NO8. The van der Waals surface area contributed by atoms with Gasteiger partial charge in [0.15, 0.2) is 6.29 Å². The molecule has 0 aromatic rings. The predicted octanol–water partition coefficient (Wildman–Crippen LogP) is 12.7. The van der Waals surface area contributed by atoms with Gasteiger partial charge in [-0.15, -0.1) is 0 Å². The second-order valence-corrected chi connectivity index (χ2v) is 19.4. The Bertz CT molecular complexity index is 939. The van der Waals surface area contributed by atoms with Gasteiger partial charge in [0.25, 0.3) is 0 Å². The molecule has 1 rings (SSSR count). The van der Waals surface area contributed by atoms with Gasteiger partial charge in [-0.3, -0.25) is 4.79 Å². The Kier molecular flexibility index (Phi) is 42.1. The van der Waals surface area contributed by atoms with Crippen molar-refractivity contribution in [2.45, 2.75) is 320 Å². The Morgan fingerprint density at radius 3 is 1.15 bits per heavy atom. The lowest BCUT2D eigenvalue weighted by Gasteiger charge is -2.40. The molecule has 9 heteroatoms. The van der Waals surface area contributed by atoms with Crippen LogP contribution in [0.15, 0.2) is 0 Å². The zero-order chi connectivity index (χ0) is 45.1. The molecule has 1 fully saturated rings. The molecule has 1 saturated heterocycles. The molecule has 9 nitrogen and oxygen atoms in total. The quantitative estimate of drug-likeness (QED) is 0.0331. The van der Waals surface area contributed by atoms with Gasteiger partial charge < -0.3 is 40.3 Å². The Labute approximate surface area is 383 Å². The van der Waals surface area contributed by atoms with E-state index in [-0.39, 0.29) is 12.5 Å². The SMILES string of the molecule is CCCCCCCCCCCCCCCCCCCCCCCCCCCCC(=O)NC(COC1OC(CO)C(O)C(O)C1O)C(O)CCCCCCCCCCCCCCC. The number of rotatable bonds is 47. The summed E-state index contributed by atoms with van der Waals surface area (Å²) in [6, 6.07) is -0.712. The maximum atomic E-state index is 13.0. The fraction of sp³-hybridized carbons (Fsp3) is 0.981.